The summed E-state index contributed by atoms with van der Waals surface area (Å²) in [6.07, 6.45) is 4.20. The molecule has 0 aliphatic rings. The summed E-state index contributed by atoms with van der Waals surface area (Å²) in [6, 6.07) is 8.95. The fourth-order valence-electron chi connectivity index (χ4n) is 2.80. The van der Waals surface area contributed by atoms with Crippen molar-refractivity contribution in [1.82, 2.24) is 25.8 Å². The molecule has 0 bridgehead atoms. The summed E-state index contributed by atoms with van der Waals surface area (Å²) in [5.74, 6) is 0. The molecule has 7 heteroatoms. The molecule has 0 spiro atoms. The van der Waals surface area contributed by atoms with Gasteiger partial charge in [0.25, 0.3) is 0 Å². The molecule has 0 unspecified atom stereocenters. The zero-order valence-corrected chi connectivity index (χ0v) is 21.4. The predicted octanol–water partition coefficient (Wildman–Crippen LogP) is 4.03. The first-order chi connectivity index (χ1) is 15.2. The maximum atomic E-state index is 4.26. The Bertz CT molecular complexity index is 589. The summed E-state index contributed by atoms with van der Waals surface area (Å²) in [7, 11) is 5.77. The standard InChI is InChI=1S/C20H33N5S.C2H7N.C2H6/c1-3-9-22-11-14-25(13-4-10-21-2)17-19-7-5-18(6-8-19)16-24-20-23-12-15-26-20;1-3-2;1-2/h5-8,12,15,21-22H,3-4,9-11,13-14,16-17H2,1-2H3,(H,23,24);3H,1-2H3;1-2H3. The Balaban J connectivity index is 0.00000165. The monoisotopic (exact) mass is 450 g/mol. The Morgan fingerprint density at radius 1 is 0.935 bits per heavy atom. The molecule has 0 saturated heterocycles. The Kier molecular flexibility index (Phi) is 20.7. The summed E-state index contributed by atoms with van der Waals surface area (Å²) >= 11 is 1.63. The van der Waals surface area contributed by atoms with Crippen molar-refractivity contribution in [3.05, 3.63) is 47.0 Å². The maximum Gasteiger partial charge on any atom is 0.182 e. The fraction of sp³-hybridized carbons (Fsp3) is 0.625. The lowest BCUT2D eigenvalue weighted by Gasteiger charge is -2.23. The molecule has 0 atom stereocenters. The number of aromatic nitrogens is 1. The number of benzene rings is 1. The molecule has 0 fully saturated rings. The molecule has 31 heavy (non-hydrogen) atoms. The lowest BCUT2D eigenvalue weighted by atomic mass is 10.1. The van der Waals surface area contributed by atoms with Crippen molar-refractivity contribution in [3.8, 4) is 0 Å². The molecule has 2 aromatic rings. The average molecular weight is 451 g/mol. The zero-order chi connectivity index (χ0) is 23.2. The van der Waals surface area contributed by atoms with Gasteiger partial charge in [0.1, 0.15) is 0 Å². The maximum absolute atomic E-state index is 4.26. The molecule has 0 radical (unpaired) electrons. The van der Waals surface area contributed by atoms with Crippen LogP contribution in [0.15, 0.2) is 35.8 Å². The van der Waals surface area contributed by atoms with Crippen LogP contribution in [0.4, 0.5) is 5.13 Å². The van der Waals surface area contributed by atoms with Crippen LogP contribution in [0.1, 0.15) is 44.7 Å². The Labute approximate surface area is 195 Å². The quantitative estimate of drug-likeness (QED) is 0.326. The first kappa shape index (κ1) is 29.5. The molecule has 1 heterocycles. The Hall–Kier alpha value is -1.51. The van der Waals surface area contributed by atoms with E-state index in [2.05, 4.69) is 62.3 Å². The van der Waals surface area contributed by atoms with E-state index in [1.54, 1.807) is 11.3 Å². The zero-order valence-electron chi connectivity index (χ0n) is 20.6. The van der Waals surface area contributed by atoms with Crippen molar-refractivity contribution in [3.63, 3.8) is 0 Å². The van der Waals surface area contributed by atoms with E-state index in [1.807, 2.05) is 46.6 Å². The average Bonchev–Trinajstić information content (AvgIpc) is 3.32. The van der Waals surface area contributed by atoms with E-state index >= 15 is 0 Å². The highest BCUT2D eigenvalue weighted by atomic mass is 32.1. The van der Waals surface area contributed by atoms with Gasteiger partial charge >= 0.3 is 0 Å². The van der Waals surface area contributed by atoms with Gasteiger partial charge in [0, 0.05) is 37.8 Å². The van der Waals surface area contributed by atoms with Crippen LogP contribution >= 0.6 is 11.3 Å². The van der Waals surface area contributed by atoms with Crippen molar-refractivity contribution in [2.45, 2.75) is 46.7 Å². The van der Waals surface area contributed by atoms with Gasteiger partial charge in [-0.15, -0.1) is 11.3 Å². The number of anilines is 1. The van der Waals surface area contributed by atoms with Gasteiger partial charge in [-0.2, -0.15) is 0 Å². The summed E-state index contributed by atoms with van der Waals surface area (Å²) in [5, 5.41) is 15.8. The van der Waals surface area contributed by atoms with Gasteiger partial charge in [0.2, 0.25) is 0 Å². The largest absolute Gasteiger partial charge is 0.357 e. The molecule has 0 amide bonds. The summed E-state index contributed by atoms with van der Waals surface area (Å²) in [5.41, 5.74) is 2.67. The van der Waals surface area contributed by atoms with Crippen LogP contribution in [0.3, 0.4) is 0 Å². The van der Waals surface area contributed by atoms with Gasteiger partial charge in [-0.05, 0) is 64.7 Å². The number of hydrogen-bond acceptors (Lipinski definition) is 7. The van der Waals surface area contributed by atoms with Crippen LogP contribution in [0, 0.1) is 0 Å². The van der Waals surface area contributed by atoms with E-state index in [0.29, 0.717) is 0 Å². The molecule has 0 aliphatic carbocycles. The van der Waals surface area contributed by atoms with Crippen LogP contribution in [-0.2, 0) is 13.1 Å². The molecule has 4 N–H and O–H groups in total. The van der Waals surface area contributed by atoms with Gasteiger partial charge in [-0.3, -0.25) is 4.90 Å². The number of nitrogens with one attached hydrogen (secondary N) is 4. The topological polar surface area (TPSA) is 64.2 Å². The summed E-state index contributed by atoms with van der Waals surface area (Å²) < 4.78 is 0. The van der Waals surface area contributed by atoms with Gasteiger partial charge in [-0.25, -0.2) is 4.98 Å². The number of rotatable bonds is 14. The molecule has 2 rings (SSSR count). The minimum absolute atomic E-state index is 0.820. The smallest absolute Gasteiger partial charge is 0.182 e. The third kappa shape index (κ3) is 15.9. The van der Waals surface area contributed by atoms with E-state index in [4.69, 9.17) is 0 Å². The molecule has 0 aliphatic heterocycles. The number of thiazole rings is 1. The van der Waals surface area contributed by atoms with E-state index in [1.165, 1.54) is 24.0 Å². The van der Waals surface area contributed by atoms with Gasteiger partial charge in [0.05, 0.1) is 0 Å². The molecule has 1 aromatic heterocycles. The SMILES string of the molecule is CC.CCCNCCN(CCCNC)Cc1ccc(CNc2nccs2)cc1.CNC. The highest BCUT2D eigenvalue weighted by molar-refractivity contribution is 7.13. The highest BCUT2D eigenvalue weighted by Gasteiger charge is 2.06. The van der Waals surface area contributed by atoms with E-state index in [0.717, 1.165) is 50.9 Å². The molecule has 1 aromatic carbocycles. The molecule has 6 nitrogen and oxygen atoms in total. The lowest BCUT2D eigenvalue weighted by molar-refractivity contribution is 0.261. The van der Waals surface area contributed by atoms with Gasteiger partial charge < -0.3 is 21.3 Å². The molecule has 0 saturated carbocycles. The van der Waals surface area contributed by atoms with E-state index < -0.39 is 0 Å². The summed E-state index contributed by atoms with van der Waals surface area (Å²) in [6.45, 7) is 13.5. The van der Waals surface area contributed by atoms with Crippen molar-refractivity contribution < 1.29 is 0 Å². The number of hydrogen-bond donors (Lipinski definition) is 4. The molecular formula is C24H46N6S. The van der Waals surface area contributed by atoms with Gasteiger partial charge in [0.15, 0.2) is 5.13 Å². The first-order valence-electron chi connectivity index (χ1n) is 11.6. The first-order valence-corrected chi connectivity index (χ1v) is 12.5. The highest BCUT2D eigenvalue weighted by Crippen LogP contribution is 2.13. The van der Waals surface area contributed by atoms with E-state index in [-0.39, 0.29) is 0 Å². The van der Waals surface area contributed by atoms with Crippen LogP contribution in [0.2, 0.25) is 0 Å². The van der Waals surface area contributed by atoms with Crippen LogP contribution in [-0.4, -0.2) is 63.8 Å². The second kappa shape index (κ2) is 21.7. The predicted molar refractivity (Wildman–Crippen MR) is 139 cm³/mol. The van der Waals surface area contributed by atoms with Crippen molar-refractivity contribution in [2.75, 3.05) is 59.2 Å². The lowest BCUT2D eigenvalue weighted by Crippen LogP contribution is -2.33. The van der Waals surface area contributed by atoms with Crippen molar-refractivity contribution in [1.29, 1.82) is 0 Å². The van der Waals surface area contributed by atoms with Crippen molar-refractivity contribution >= 4 is 16.5 Å². The Morgan fingerprint density at radius 3 is 2.19 bits per heavy atom. The third-order valence-electron chi connectivity index (χ3n) is 4.24. The van der Waals surface area contributed by atoms with Crippen LogP contribution < -0.4 is 21.3 Å². The molecular weight excluding hydrogens is 404 g/mol. The van der Waals surface area contributed by atoms with Gasteiger partial charge in [-0.1, -0.05) is 45.0 Å². The normalized spacial score (nSPS) is 10.2. The molecule has 178 valence electrons. The number of nitrogens with zero attached hydrogens (tertiary/aromatic N) is 2. The van der Waals surface area contributed by atoms with Crippen LogP contribution in [0.5, 0.6) is 0 Å². The summed E-state index contributed by atoms with van der Waals surface area (Å²) in [4.78, 5) is 6.80. The third-order valence-corrected chi connectivity index (χ3v) is 4.97. The van der Waals surface area contributed by atoms with Crippen LogP contribution in [0.25, 0.3) is 0 Å². The minimum Gasteiger partial charge on any atom is -0.357 e. The Morgan fingerprint density at radius 2 is 1.61 bits per heavy atom. The minimum atomic E-state index is 0.820. The van der Waals surface area contributed by atoms with E-state index in [9.17, 15) is 0 Å². The van der Waals surface area contributed by atoms with Crippen molar-refractivity contribution in [2.24, 2.45) is 0 Å². The second-order valence-corrected chi connectivity index (χ2v) is 7.89. The fourth-order valence-corrected chi connectivity index (χ4v) is 3.33. The second-order valence-electron chi connectivity index (χ2n) is 6.99.